The monoisotopic (exact) mass is 268 g/mol. The van der Waals surface area contributed by atoms with Crippen molar-refractivity contribution in [3.8, 4) is 5.75 Å². The number of rotatable bonds is 6. The van der Waals surface area contributed by atoms with Crippen LogP contribution in [0.2, 0.25) is 0 Å². The molecule has 1 N–H and O–H groups in total. The molecule has 1 rings (SSSR count). The number of nitrogens with zero attached hydrogens (tertiary/aromatic N) is 2. The Kier molecular flexibility index (Phi) is 4.72. The van der Waals surface area contributed by atoms with Crippen molar-refractivity contribution < 1.29 is 14.8 Å². The van der Waals surface area contributed by atoms with Crippen LogP contribution in [0.1, 0.15) is 20.8 Å². The van der Waals surface area contributed by atoms with Crippen LogP contribution in [0.25, 0.3) is 0 Å². The Morgan fingerprint density at radius 1 is 1.47 bits per heavy atom. The first-order valence-corrected chi connectivity index (χ1v) is 6.08. The van der Waals surface area contributed by atoms with Crippen molar-refractivity contribution in [2.45, 2.75) is 26.4 Å². The van der Waals surface area contributed by atoms with Crippen molar-refractivity contribution in [1.29, 1.82) is 0 Å². The molecule has 0 aliphatic rings. The van der Waals surface area contributed by atoms with E-state index < -0.39 is 10.5 Å². The molecule has 0 aliphatic carbocycles. The van der Waals surface area contributed by atoms with Gasteiger partial charge in [-0.15, -0.1) is 0 Å². The predicted molar refractivity (Wildman–Crippen MR) is 73.8 cm³/mol. The quantitative estimate of drug-likeness (QED) is 0.632. The highest BCUT2D eigenvalue weighted by Gasteiger charge is 2.24. The van der Waals surface area contributed by atoms with Crippen LogP contribution < -0.4 is 9.64 Å². The molecule has 0 saturated carbocycles. The van der Waals surface area contributed by atoms with E-state index in [0.29, 0.717) is 24.5 Å². The van der Waals surface area contributed by atoms with Gasteiger partial charge in [0.15, 0.2) is 0 Å². The van der Waals surface area contributed by atoms with Gasteiger partial charge >= 0.3 is 0 Å². The van der Waals surface area contributed by atoms with E-state index in [1.165, 1.54) is 13.2 Å². The third-order valence-corrected chi connectivity index (χ3v) is 2.68. The van der Waals surface area contributed by atoms with Crippen LogP contribution in [0.5, 0.6) is 5.75 Å². The molecular weight excluding hydrogens is 248 g/mol. The van der Waals surface area contributed by atoms with E-state index in [2.05, 4.69) is 0 Å². The van der Waals surface area contributed by atoms with Crippen molar-refractivity contribution in [1.82, 2.24) is 0 Å². The number of nitro benzene ring substituents is 1. The van der Waals surface area contributed by atoms with E-state index in [0.717, 1.165) is 0 Å². The summed E-state index contributed by atoms with van der Waals surface area (Å²) in [6.07, 6.45) is 0. The Morgan fingerprint density at radius 2 is 2.11 bits per heavy atom. The second-order valence-corrected chi connectivity index (χ2v) is 4.94. The Bertz CT molecular complexity index is 454. The number of benzene rings is 1. The molecule has 6 nitrogen and oxygen atoms in total. The topological polar surface area (TPSA) is 75.8 Å². The van der Waals surface area contributed by atoms with Crippen molar-refractivity contribution in [2.24, 2.45) is 0 Å². The van der Waals surface area contributed by atoms with Crippen molar-refractivity contribution >= 4 is 11.4 Å². The van der Waals surface area contributed by atoms with Gasteiger partial charge < -0.3 is 14.7 Å². The van der Waals surface area contributed by atoms with Crippen molar-refractivity contribution in [3.05, 3.63) is 28.3 Å². The molecule has 0 spiro atoms. The number of aliphatic hydroxyl groups is 1. The molecule has 106 valence electrons. The van der Waals surface area contributed by atoms with Gasteiger partial charge in [0.25, 0.3) is 5.69 Å². The Morgan fingerprint density at radius 3 is 2.53 bits per heavy atom. The van der Waals surface area contributed by atoms with Gasteiger partial charge in [-0.25, -0.2) is 0 Å². The van der Waals surface area contributed by atoms with E-state index in [9.17, 15) is 15.2 Å². The summed E-state index contributed by atoms with van der Waals surface area (Å²) in [5.74, 6) is 0.551. The van der Waals surface area contributed by atoms with Gasteiger partial charge in [-0.2, -0.15) is 0 Å². The summed E-state index contributed by atoms with van der Waals surface area (Å²) in [7, 11) is 1.51. The molecule has 0 saturated heterocycles. The SMILES string of the molecule is CCN(CC(C)(C)O)c1cc(OC)ccc1[N+](=O)[O-]. The summed E-state index contributed by atoms with van der Waals surface area (Å²) >= 11 is 0. The third-order valence-electron chi connectivity index (χ3n) is 2.68. The zero-order valence-electron chi connectivity index (χ0n) is 11.7. The molecular formula is C13H20N2O4. The molecule has 6 heteroatoms. The number of hydrogen-bond donors (Lipinski definition) is 1. The highest BCUT2D eigenvalue weighted by atomic mass is 16.6. The lowest BCUT2D eigenvalue weighted by molar-refractivity contribution is -0.384. The fraction of sp³-hybridized carbons (Fsp3) is 0.538. The molecule has 0 bridgehead atoms. The minimum absolute atomic E-state index is 0.00639. The molecule has 0 amide bonds. The van der Waals surface area contributed by atoms with Crippen LogP contribution in [0.3, 0.4) is 0 Å². The lowest BCUT2D eigenvalue weighted by Crippen LogP contribution is -2.38. The summed E-state index contributed by atoms with van der Waals surface area (Å²) in [4.78, 5) is 12.4. The first kappa shape index (κ1) is 15.2. The van der Waals surface area contributed by atoms with Crippen LogP contribution in [0.4, 0.5) is 11.4 Å². The van der Waals surface area contributed by atoms with Gasteiger partial charge in [0.1, 0.15) is 11.4 Å². The van der Waals surface area contributed by atoms with Gasteiger partial charge in [0.2, 0.25) is 0 Å². The molecule has 0 unspecified atom stereocenters. The molecule has 19 heavy (non-hydrogen) atoms. The van der Waals surface area contributed by atoms with Gasteiger partial charge in [0, 0.05) is 25.2 Å². The molecule has 1 aromatic rings. The van der Waals surface area contributed by atoms with E-state index >= 15 is 0 Å². The van der Waals surface area contributed by atoms with Gasteiger partial charge in [0.05, 0.1) is 17.6 Å². The van der Waals surface area contributed by atoms with E-state index in [1.807, 2.05) is 6.92 Å². The summed E-state index contributed by atoms with van der Waals surface area (Å²) in [6.45, 7) is 6.08. The summed E-state index contributed by atoms with van der Waals surface area (Å²) in [5, 5.41) is 21.0. The van der Waals surface area contributed by atoms with Crippen LogP contribution in [0, 0.1) is 10.1 Å². The number of methoxy groups -OCH3 is 1. The molecule has 0 radical (unpaired) electrons. The average Bonchev–Trinajstić information content (AvgIpc) is 2.33. The lowest BCUT2D eigenvalue weighted by atomic mass is 10.1. The molecule has 0 aromatic heterocycles. The maximum atomic E-state index is 11.1. The Labute approximate surface area is 112 Å². The Balaban J connectivity index is 3.23. The smallest absolute Gasteiger partial charge is 0.292 e. The first-order valence-electron chi connectivity index (χ1n) is 6.08. The fourth-order valence-corrected chi connectivity index (χ4v) is 1.87. The maximum Gasteiger partial charge on any atom is 0.292 e. The van der Waals surface area contributed by atoms with Gasteiger partial charge in [-0.3, -0.25) is 10.1 Å². The summed E-state index contributed by atoms with van der Waals surface area (Å²) < 4.78 is 5.10. The first-order chi connectivity index (χ1) is 8.78. The lowest BCUT2D eigenvalue weighted by Gasteiger charge is -2.29. The van der Waals surface area contributed by atoms with Gasteiger partial charge in [-0.05, 0) is 26.8 Å². The normalized spacial score (nSPS) is 11.2. The maximum absolute atomic E-state index is 11.1. The number of hydrogen-bond acceptors (Lipinski definition) is 5. The van der Waals surface area contributed by atoms with Crippen molar-refractivity contribution in [2.75, 3.05) is 25.1 Å². The standard InChI is InChI=1S/C13H20N2O4/c1-5-14(9-13(2,3)16)12-8-10(19-4)6-7-11(12)15(17)18/h6-8,16H,5,9H2,1-4H3. The minimum atomic E-state index is -0.938. The van der Waals surface area contributed by atoms with E-state index in [4.69, 9.17) is 4.74 Å². The second-order valence-electron chi connectivity index (χ2n) is 4.94. The summed E-state index contributed by atoms with van der Waals surface area (Å²) in [6, 6.07) is 4.59. The van der Waals surface area contributed by atoms with E-state index in [1.54, 1.807) is 30.9 Å². The highest BCUT2D eigenvalue weighted by molar-refractivity contribution is 5.66. The van der Waals surface area contributed by atoms with Crippen LogP contribution in [-0.4, -0.2) is 35.8 Å². The third kappa shape index (κ3) is 4.10. The molecule has 0 fully saturated rings. The molecule has 1 aromatic carbocycles. The molecule has 0 heterocycles. The van der Waals surface area contributed by atoms with E-state index in [-0.39, 0.29) is 5.69 Å². The Hall–Kier alpha value is -1.82. The molecule has 0 aliphatic heterocycles. The number of anilines is 1. The average molecular weight is 268 g/mol. The highest BCUT2D eigenvalue weighted by Crippen LogP contribution is 2.32. The zero-order valence-corrected chi connectivity index (χ0v) is 11.7. The molecule has 0 atom stereocenters. The second kappa shape index (κ2) is 5.88. The largest absolute Gasteiger partial charge is 0.497 e. The van der Waals surface area contributed by atoms with Gasteiger partial charge in [-0.1, -0.05) is 0 Å². The number of ether oxygens (including phenoxy) is 1. The van der Waals surface area contributed by atoms with Crippen LogP contribution in [-0.2, 0) is 0 Å². The number of likely N-dealkylation sites (N-methyl/N-ethyl adjacent to an activating group) is 1. The zero-order chi connectivity index (χ0) is 14.6. The number of nitro groups is 1. The van der Waals surface area contributed by atoms with Crippen molar-refractivity contribution in [3.63, 3.8) is 0 Å². The summed E-state index contributed by atoms with van der Waals surface area (Å²) in [5.41, 5.74) is -0.478. The predicted octanol–water partition coefficient (Wildman–Crippen LogP) is 2.20. The minimum Gasteiger partial charge on any atom is -0.497 e. The fourth-order valence-electron chi connectivity index (χ4n) is 1.87. The van der Waals surface area contributed by atoms with Crippen LogP contribution >= 0.6 is 0 Å². The van der Waals surface area contributed by atoms with Crippen LogP contribution in [0.15, 0.2) is 18.2 Å².